The van der Waals surface area contributed by atoms with Crippen molar-refractivity contribution in [1.29, 1.82) is 0 Å². The summed E-state index contributed by atoms with van der Waals surface area (Å²) < 4.78 is 11.7. The monoisotopic (exact) mass is 304 g/mol. The van der Waals surface area contributed by atoms with Gasteiger partial charge in [-0.1, -0.05) is 39.8 Å². The van der Waals surface area contributed by atoms with Gasteiger partial charge in [0.2, 0.25) is 0 Å². The van der Waals surface area contributed by atoms with Gasteiger partial charge in [0, 0.05) is 0 Å². The first-order valence-corrected chi connectivity index (χ1v) is 8.88. The molecule has 2 rings (SSSR count). The summed E-state index contributed by atoms with van der Waals surface area (Å²) >= 11 is 0. The van der Waals surface area contributed by atoms with Gasteiger partial charge in [-0.05, 0) is 62.1 Å². The average molecular weight is 304 g/mol. The van der Waals surface area contributed by atoms with Gasteiger partial charge in [-0.3, -0.25) is 0 Å². The molecular formula is C20H32O2. The molecule has 0 spiro atoms. The Morgan fingerprint density at radius 2 is 1.82 bits per heavy atom. The maximum atomic E-state index is 5.88. The Morgan fingerprint density at radius 1 is 1.14 bits per heavy atom. The first-order chi connectivity index (χ1) is 10.5. The highest BCUT2D eigenvalue weighted by atomic mass is 16.6. The van der Waals surface area contributed by atoms with Crippen molar-refractivity contribution in [2.24, 2.45) is 11.8 Å². The second-order valence-electron chi connectivity index (χ2n) is 7.10. The summed E-state index contributed by atoms with van der Waals surface area (Å²) in [6.07, 6.45) is 4.95. The van der Waals surface area contributed by atoms with Crippen LogP contribution in [0.15, 0.2) is 24.3 Å². The third-order valence-corrected chi connectivity index (χ3v) is 5.47. The standard InChI is InChI=1S/C20H32O2/c1-6-17-8-10-18(11-9-17)21-13-12-15(3)16(4)14-19-20(5,7-2)22-19/h8-11,15-16,19H,6-7,12-14H2,1-5H3. The number of ether oxygens (including phenoxy) is 2. The van der Waals surface area contributed by atoms with Gasteiger partial charge in [-0.2, -0.15) is 0 Å². The van der Waals surface area contributed by atoms with Crippen molar-refractivity contribution in [3.63, 3.8) is 0 Å². The Balaban J connectivity index is 1.67. The summed E-state index contributed by atoms with van der Waals surface area (Å²) in [4.78, 5) is 0. The number of rotatable bonds is 9. The molecule has 2 nitrogen and oxygen atoms in total. The van der Waals surface area contributed by atoms with E-state index in [1.807, 2.05) is 0 Å². The molecule has 1 fully saturated rings. The SMILES string of the molecule is CCc1ccc(OCCC(C)C(C)CC2OC2(C)CC)cc1. The number of hydrogen-bond donors (Lipinski definition) is 0. The molecule has 1 aliphatic heterocycles. The van der Waals surface area contributed by atoms with Crippen molar-refractivity contribution in [2.75, 3.05) is 6.61 Å². The van der Waals surface area contributed by atoms with Crippen LogP contribution < -0.4 is 4.74 Å². The van der Waals surface area contributed by atoms with E-state index in [4.69, 9.17) is 9.47 Å². The van der Waals surface area contributed by atoms with Gasteiger partial charge in [-0.25, -0.2) is 0 Å². The Bertz CT molecular complexity index is 453. The lowest BCUT2D eigenvalue weighted by Crippen LogP contribution is -2.17. The third-order valence-electron chi connectivity index (χ3n) is 5.47. The summed E-state index contributed by atoms with van der Waals surface area (Å²) in [6.45, 7) is 12.1. The van der Waals surface area contributed by atoms with Crippen LogP contribution in [0.2, 0.25) is 0 Å². The zero-order chi connectivity index (χ0) is 16.2. The van der Waals surface area contributed by atoms with Crippen LogP contribution in [-0.4, -0.2) is 18.3 Å². The van der Waals surface area contributed by atoms with Crippen LogP contribution in [0, 0.1) is 11.8 Å². The summed E-state index contributed by atoms with van der Waals surface area (Å²) in [6, 6.07) is 8.46. The van der Waals surface area contributed by atoms with Crippen molar-refractivity contribution in [3.8, 4) is 5.75 Å². The van der Waals surface area contributed by atoms with E-state index in [2.05, 4.69) is 58.9 Å². The van der Waals surface area contributed by atoms with E-state index in [1.54, 1.807) is 0 Å². The van der Waals surface area contributed by atoms with Crippen molar-refractivity contribution >= 4 is 0 Å². The van der Waals surface area contributed by atoms with E-state index in [0.717, 1.165) is 31.6 Å². The van der Waals surface area contributed by atoms with E-state index in [-0.39, 0.29) is 5.60 Å². The molecular weight excluding hydrogens is 272 g/mol. The maximum absolute atomic E-state index is 5.88. The Morgan fingerprint density at radius 3 is 2.36 bits per heavy atom. The number of aryl methyl sites for hydroxylation is 1. The first kappa shape index (κ1) is 17.3. The van der Waals surface area contributed by atoms with Gasteiger partial charge in [0.25, 0.3) is 0 Å². The van der Waals surface area contributed by atoms with Crippen molar-refractivity contribution < 1.29 is 9.47 Å². The highest BCUT2D eigenvalue weighted by molar-refractivity contribution is 5.27. The van der Waals surface area contributed by atoms with Crippen molar-refractivity contribution in [3.05, 3.63) is 29.8 Å². The van der Waals surface area contributed by atoms with E-state index in [9.17, 15) is 0 Å². The fourth-order valence-corrected chi connectivity index (χ4v) is 2.94. The molecule has 0 radical (unpaired) electrons. The number of hydrogen-bond acceptors (Lipinski definition) is 2. The molecule has 0 N–H and O–H groups in total. The fourth-order valence-electron chi connectivity index (χ4n) is 2.94. The third kappa shape index (κ3) is 4.49. The second-order valence-corrected chi connectivity index (χ2v) is 7.10. The maximum Gasteiger partial charge on any atom is 0.119 e. The van der Waals surface area contributed by atoms with Gasteiger partial charge in [0.05, 0.1) is 18.3 Å². The predicted molar refractivity (Wildman–Crippen MR) is 92.4 cm³/mol. The molecule has 0 aliphatic carbocycles. The van der Waals surface area contributed by atoms with Crippen LogP contribution in [0.1, 0.15) is 59.4 Å². The highest BCUT2D eigenvalue weighted by Crippen LogP contribution is 2.43. The molecule has 124 valence electrons. The minimum absolute atomic E-state index is 0.158. The van der Waals surface area contributed by atoms with Gasteiger partial charge < -0.3 is 9.47 Å². The van der Waals surface area contributed by atoms with Crippen LogP contribution in [0.5, 0.6) is 5.75 Å². The molecule has 4 atom stereocenters. The molecule has 1 aliphatic rings. The lowest BCUT2D eigenvalue weighted by atomic mass is 9.86. The summed E-state index contributed by atoms with van der Waals surface area (Å²) in [5, 5.41) is 0. The van der Waals surface area contributed by atoms with E-state index in [1.165, 1.54) is 12.0 Å². The summed E-state index contributed by atoms with van der Waals surface area (Å²) in [5.41, 5.74) is 1.52. The molecule has 1 aromatic carbocycles. The summed E-state index contributed by atoms with van der Waals surface area (Å²) in [7, 11) is 0. The Hall–Kier alpha value is -1.02. The molecule has 0 amide bonds. The smallest absolute Gasteiger partial charge is 0.119 e. The zero-order valence-corrected chi connectivity index (χ0v) is 14.9. The molecule has 0 aromatic heterocycles. The molecule has 1 saturated heterocycles. The second kappa shape index (κ2) is 7.50. The van der Waals surface area contributed by atoms with E-state index in [0.29, 0.717) is 17.9 Å². The number of epoxide rings is 1. The van der Waals surface area contributed by atoms with Crippen LogP contribution >= 0.6 is 0 Å². The van der Waals surface area contributed by atoms with E-state index < -0.39 is 0 Å². The number of benzene rings is 1. The lowest BCUT2D eigenvalue weighted by Gasteiger charge is -2.19. The van der Waals surface area contributed by atoms with Crippen LogP contribution in [0.4, 0.5) is 0 Å². The molecule has 1 heterocycles. The van der Waals surface area contributed by atoms with Gasteiger partial charge in [-0.15, -0.1) is 0 Å². The van der Waals surface area contributed by atoms with Crippen LogP contribution in [0.3, 0.4) is 0 Å². The first-order valence-electron chi connectivity index (χ1n) is 8.88. The average Bonchev–Trinajstić information content (AvgIpc) is 3.18. The largest absolute Gasteiger partial charge is 0.494 e. The summed E-state index contributed by atoms with van der Waals surface area (Å²) in [5.74, 6) is 2.34. The highest BCUT2D eigenvalue weighted by Gasteiger charge is 2.50. The normalized spacial score (nSPS) is 26.5. The molecule has 1 aromatic rings. The molecule has 0 bridgehead atoms. The zero-order valence-electron chi connectivity index (χ0n) is 14.9. The van der Waals surface area contributed by atoms with Crippen molar-refractivity contribution in [1.82, 2.24) is 0 Å². The molecule has 22 heavy (non-hydrogen) atoms. The van der Waals surface area contributed by atoms with Gasteiger partial charge in [0.1, 0.15) is 5.75 Å². The Kier molecular flexibility index (Phi) is 5.91. The minimum Gasteiger partial charge on any atom is -0.494 e. The topological polar surface area (TPSA) is 21.8 Å². The quantitative estimate of drug-likeness (QED) is 0.581. The molecule has 2 heteroatoms. The van der Waals surface area contributed by atoms with Crippen LogP contribution in [0.25, 0.3) is 0 Å². The van der Waals surface area contributed by atoms with Crippen molar-refractivity contribution in [2.45, 2.75) is 72.0 Å². The van der Waals surface area contributed by atoms with Crippen LogP contribution in [-0.2, 0) is 11.2 Å². The fraction of sp³-hybridized carbons (Fsp3) is 0.700. The Labute approximate surface area is 136 Å². The predicted octanol–water partition coefficient (Wildman–Crippen LogP) is 5.25. The molecule has 4 unspecified atom stereocenters. The molecule has 0 saturated carbocycles. The van der Waals surface area contributed by atoms with Gasteiger partial charge >= 0.3 is 0 Å². The lowest BCUT2D eigenvalue weighted by molar-refractivity contribution is 0.234. The minimum atomic E-state index is 0.158. The van der Waals surface area contributed by atoms with Gasteiger partial charge in [0.15, 0.2) is 0 Å². The van der Waals surface area contributed by atoms with E-state index >= 15 is 0 Å².